The molecule has 2 aliphatic rings. The molecule has 0 radical (unpaired) electrons. The molecule has 0 saturated heterocycles. The lowest BCUT2D eigenvalue weighted by molar-refractivity contribution is -0.0570. The van der Waals surface area contributed by atoms with Crippen molar-refractivity contribution in [3.8, 4) is 28.4 Å². The Bertz CT molecular complexity index is 2050. The molecule has 1 aliphatic carbocycles. The number of fused-ring (bicyclic) bond motifs is 8. The second-order valence-corrected chi connectivity index (χ2v) is 13.2. The maximum Gasteiger partial charge on any atom is 0.178 e. The molecule has 1 aliphatic heterocycles. The first-order valence-electron chi connectivity index (χ1n) is 18.1. The largest absolute Gasteiger partial charge is 0.493 e. The number of ether oxygens (including phenoxy) is 6. The number of benzene rings is 5. The molecule has 1 atom stereocenters. The number of halogens is 2. The Hall–Kier alpha value is -4.80. The summed E-state index contributed by atoms with van der Waals surface area (Å²) in [6.07, 6.45) is 6.60. The lowest BCUT2D eigenvalue weighted by Gasteiger charge is -2.39. The van der Waals surface area contributed by atoms with E-state index in [1.807, 2.05) is 30.3 Å². The third-order valence-electron chi connectivity index (χ3n) is 10.2. The summed E-state index contributed by atoms with van der Waals surface area (Å²) in [5, 5.41) is 10.7. The SMILES string of the molecule is CCCCC1(OCCOCCOCCO)c2ccccc2-c2c1c1c(c3cc(OC)c(OC)cc23)OC(c2ccc(F)cc2)(c2ccc(F)cc2)C=C1. The number of methoxy groups -OCH3 is 2. The average Bonchev–Trinajstić information content (AvgIpc) is 3.48. The zero-order valence-corrected chi connectivity index (χ0v) is 30.3. The van der Waals surface area contributed by atoms with Crippen LogP contribution in [0.4, 0.5) is 8.78 Å². The fourth-order valence-electron chi connectivity index (χ4n) is 7.79. The quantitative estimate of drug-likeness (QED) is 0.102. The van der Waals surface area contributed by atoms with Gasteiger partial charge in [0.25, 0.3) is 0 Å². The van der Waals surface area contributed by atoms with E-state index in [1.54, 1.807) is 38.5 Å². The van der Waals surface area contributed by atoms with Crippen LogP contribution < -0.4 is 14.2 Å². The van der Waals surface area contributed by atoms with Gasteiger partial charge in [0.2, 0.25) is 0 Å². The van der Waals surface area contributed by atoms with Crippen molar-refractivity contribution in [3.63, 3.8) is 0 Å². The van der Waals surface area contributed by atoms with Crippen molar-refractivity contribution in [2.75, 3.05) is 53.9 Å². The average molecular weight is 723 g/mol. The van der Waals surface area contributed by atoms with Gasteiger partial charge >= 0.3 is 0 Å². The highest BCUT2D eigenvalue weighted by molar-refractivity contribution is 6.09. The second-order valence-electron chi connectivity index (χ2n) is 13.2. The molecule has 1 N–H and O–H groups in total. The number of rotatable bonds is 16. The van der Waals surface area contributed by atoms with Crippen molar-refractivity contribution in [3.05, 3.63) is 130 Å². The van der Waals surface area contributed by atoms with Gasteiger partial charge in [-0.25, -0.2) is 8.78 Å². The summed E-state index contributed by atoms with van der Waals surface area (Å²) >= 11 is 0. The Morgan fingerprint density at radius 1 is 0.736 bits per heavy atom. The Kier molecular flexibility index (Phi) is 10.8. The van der Waals surface area contributed by atoms with E-state index in [1.165, 1.54) is 24.3 Å². The van der Waals surface area contributed by atoms with E-state index in [0.717, 1.165) is 51.4 Å². The van der Waals surface area contributed by atoms with E-state index in [-0.39, 0.29) is 24.8 Å². The van der Waals surface area contributed by atoms with Crippen molar-refractivity contribution in [2.45, 2.75) is 37.4 Å². The van der Waals surface area contributed by atoms with E-state index in [9.17, 15) is 8.78 Å². The van der Waals surface area contributed by atoms with E-state index >= 15 is 0 Å². The first kappa shape index (κ1) is 36.6. The molecule has 5 aromatic carbocycles. The summed E-state index contributed by atoms with van der Waals surface area (Å²) in [6.45, 7) is 3.82. The van der Waals surface area contributed by atoms with Crippen molar-refractivity contribution in [1.82, 2.24) is 0 Å². The highest BCUT2D eigenvalue weighted by Crippen LogP contribution is 2.61. The minimum Gasteiger partial charge on any atom is -0.493 e. The normalized spacial score (nSPS) is 16.6. The zero-order chi connectivity index (χ0) is 37.0. The Morgan fingerprint density at radius 2 is 1.34 bits per heavy atom. The van der Waals surface area contributed by atoms with Crippen LogP contribution in [-0.2, 0) is 25.4 Å². The molecule has 9 heteroatoms. The molecule has 0 spiro atoms. The smallest absolute Gasteiger partial charge is 0.178 e. The van der Waals surface area contributed by atoms with Crippen LogP contribution in [0, 0.1) is 11.6 Å². The molecule has 5 aromatic rings. The Balaban J connectivity index is 1.47. The summed E-state index contributed by atoms with van der Waals surface area (Å²) in [5.41, 5.74) is 4.24. The molecular formula is C44H44F2O7. The summed E-state index contributed by atoms with van der Waals surface area (Å²) in [4.78, 5) is 0. The molecule has 0 bridgehead atoms. The molecule has 7 rings (SSSR count). The summed E-state index contributed by atoms with van der Waals surface area (Å²) in [6, 6.07) is 24.7. The van der Waals surface area contributed by atoms with Crippen molar-refractivity contribution in [1.29, 1.82) is 0 Å². The molecule has 7 nitrogen and oxygen atoms in total. The van der Waals surface area contributed by atoms with Gasteiger partial charge in [-0.05, 0) is 71.0 Å². The molecule has 53 heavy (non-hydrogen) atoms. The van der Waals surface area contributed by atoms with Gasteiger partial charge in [0, 0.05) is 27.6 Å². The third-order valence-corrected chi connectivity index (χ3v) is 10.2. The molecule has 0 amide bonds. The molecular weight excluding hydrogens is 678 g/mol. The van der Waals surface area contributed by atoms with Gasteiger partial charge < -0.3 is 33.5 Å². The van der Waals surface area contributed by atoms with Gasteiger partial charge in [-0.3, -0.25) is 0 Å². The molecule has 0 aromatic heterocycles. The van der Waals surface area contributed by atoms with Crippen molar-refractivity contribution >= 4 is 16.8 Å². The van der Waals surface area contributed by atoms with E-state index in [2.05, 4.69) is 25.1 Å². The number of unbranched alkanes of at least 4 members (excludes halogenated alkanes) is 1. The van der Waals surface area contributed by atoms with Gasteiger partial charge in [0.05, 0.1) is 53.9 Å². The van der Waals surface area contributed by atoms with Crippen LogP contribution in [0.5, 0.6) is 17.2 Å². The van der Waals surface area contributed by atoms with E-state index < -0.39 is 11.2 Å². The predicted octanol–water partition coefficient (Wildman–Crippen LogP) is 8.94. The maximum absolute atomic E-state index is 14.4. The number of hydrogen-bond donors (Lipinski definition) is 1. The minimum absolute atomic E-state index is 0.0351. The summed E-state index contributed by atoms with van der Waals surface area (Å²) in [5.74, 6) is 0.944. The zero-order valence-electron chi connectivity index (χ0n) is 30.3. The van der Waals surface area contributed by atoms with Crippen LogP contribution in [0.25, 0.3) is 28.0 Å². The number of aliphatic hydroxyl groups excluding tert-OH is 1. The summed E-state index contributed by atoms with van der Waals surface area (Å²) in [7, 11) is 3.22. The predicted molar refractivity (Wildman–Crippen MR) is 201 cm³/mol. The minimum atomic E-state index is -1.23. The van der Waals surface area contributed by atoms with Crippen LogP contribution >= 0.6 is 0 Å². The maximum atomic E-state index is 14.4. The van der Waals surface area contributed by atoms with Crippen LogP contribution in [0.3, 0.4) is 0 Å². The Labute approximate surface area is 308 Å². The fourth-order valence-corrected chi connectivity index (χ4v) is 7.79. The van der Waals surface area contributed by atoms with Crippen LogP contribution in [0.15, 0.2) is 91.0 Å². The van der Waals surface area contributed by atoms with Crippen molar-refractivity contribution in [2.24, 2.45) is 0 Å². The van der Waals surface area contributed by atoms with Crippen molar-refractivity contribution < 1.29 is 42.3 Å². The van der Waals surface area contributed by atoms with Crippen LogP contribution in [0.2, 0.25) is 0 Å². The highest BCUT2D eigenvalue weighted by atomic mass is 19.1. The molecule has 1 heterocycles. The highest BCUT2D eigenvalue weighted by Gasteiger charge is 2.49. The van der Waals surface area contributed by atoms with Gasteiger partial charge in [-0.15, -0.1) is 0 Å². The molecule has 0 fully saturated rings. The van der Waals surface area contributed by atoms with Gasteiger partial charge in [0.1, 0.15) is 23.0 Å². The first-order chi connectivity index (χ1) is 25.9. The number of hydrogen-bond acceptors (Lipinski definition) is 7. The Morgan fingerprint density at radius 3 is 1.96 bits per heavy atom. The van der Waals surface area contributed by atoms with Gasteiger partial charge in [-0.2, -0.15) is 0 Å². The van der Waals surface area contributed by atoms with Crippen LogP contribution in [-0.4, -0.2) is 59.0 Å². The monoisotopic (exact) mass is 722 g/mol. The molecule has 1 unspecified atom stereocenters. The number of aliphatic hydroxyl groups is 1. The topological polar surface area (TPSA) is 75.6 Å². The lowest BCUT2D eigenvalue weighted by Crippen LogP contribution is -2.36. The van der Waals surface area contributed by atoms with Gasteiger partial charge in [0.15, 0.2) is 17.1 Å². The molecule has 0 saturated carbocycles. The van der Waals surface area contributed by atoms with E-state index in [0.29, 0.717) is 61.2 Å². The third kappa shape index (κ3) is 6.56. The standard InChI is InChI=1S/C44H44F2O7/c1-4-5-19-44(52-26-25-51-24-23-50-22-21-47)37-9-7-6-8-33(37)40-35-27-38(48-2)39(49-3)28-36(35)42-34(41(40)44)18-20-43(53-42,29-10-14-31(45)15-11-29)30-12-16-32(46)17-13-30/h6-18,20,27-28,47H,4-5,19,21-26H2,1-3H3. The first-order valence-corrected chi connectivity index (χ1v) is 18.1. The van der Waals surface area contributed by atoms with E-state index in [4.69, 9.17) is 33.5 Å². The summed E-state index contributed by atoms with van der Waals surface area (Å²) < 4.78 is 66.1. The molecule has 276 valence electrons. The van der Waals surface area contributed by atoms with Crippen LogP contribution in [0.1, 0.15) is 54.0 Å². The second kappa shape index (κ2) is 15.7. The fraction of sp³-hybridized carbons (Fsp3) is 0.318. The lowest BCUT2D eigenvalue weighted by atomic mass is 9.78. The van der Waals surface area contributed by atoms with Gasteiger partial charge in [-0.1, -0.05) is 74.4 Å².